The number of phenols is 1. The lowest BCUT2D eigenvalue weighted by Gasteiger charge is -2.26. The molecule has 1 N–H and O–H groups in total. The van der Waals surface area contributed by atoms with Crippen LogP contribution in [0.4, 0.5) is 0 Å². The van der Waals surface area contributed by atoms with Gasteiger partial charge in [-0.25, -0.2) is 0 Å². The third-order valence-corrected chi connectivity index (χ3v) is 5.39. The minimum atomic E-state index is -0.114. The van der Waals surface area contributed by atoms with Crippen molar-refractivity contribution < 1.29 is 9.84 Å². The highest BCUT2D eigenvalue weighted by Gasteiger charge is 2.23. The predicted octanol–water partition coefficient (Wildman–Crippen LogP) is 7.98. The van der Waals surface area contributed by atoms with Crippen LogP contribution in [-0.4, -0.2) is 11.7 Å². The van der Waals surface area contributed by atoms with E-state index in [9.17, 15) is 5.11 Å². The van der Waals surface area contributed by atoms with E-state index in [0.717, 1.165) is 24.7 Å². The summed E-state index contributed by atoms with van der Waals surface area (Å²) in [6.07, 6.45) is 3.48. The Labute approximate surface area is 179 Å². The van der Waals surface area contributed by atoms with E-state index in [4.69, 9.17) is 4.74 Å². The van der Waals surface area contributed by atoms with Crippen LogP contribution in [-0.2, 0) is 5.41 Å². The molecule has 2 aromatic rings. The molecule has 0 amide bonds. The quantitative estimate of drug-likeness (QED) is 0.457. The normalized spacial score (nSPS) is 11.8. The number of hydrogen-bond donors (Lipinski definition) is 1. The summed E-state index contributed by atoms with van der Waals surface area (Å²) in [5, 5.41) is 9.48. The van der Waals surface area contributed by atoms with E-state index in [1.165, 1.54) is 24.0 Å². The van der Waals surface area contributed by atoms with E-state index in [0.29, 0.717) is 11.2 Å². The Balaban J connectivity index is 0.000000960. The second-order valence-electron chi connectivity index (χ2n) is 9.90. The zero-order valence-corrected chi connectivity index (χ0v) is 19.9. The Morgan fingerprint density at radius 3 is 1.72 bits per heavy atom. The van der Waals surface area contributed by atoms with Crippen molar-refractivity contribution in [3.05, 3.63) is 59.7 Å². The molecule has 2 aromatic carbocycles. The minimum absolute atomic E-state index is 0.114. The molecular weight excluding hydrogens is 356 g/mol. The van der Waals surface area contributed by atoms with Crippen LogP contribution in [0.2, 0.25) is 0 Å². The van der Waals surface area contributed by atoms with Gasteiger partial charge < -0.3 is 9.84 Å². The summed E-state index contributed by atoms with van der Waals surface area (Å²) in [7, 11) is 0. The van der Waals surface area contributed by atoms with Crippen molar-refractivity contribution >= 4 is 0 Å². The molecule has 0 spiro atoms. The van der Waals surface area contributed by atoms with Gasteiger partial charge in [0, 0.05) is 5.41 Å². The third kappa shape index (κ3) is 8.94. The number of rotatable bonds is 8. The first kappa shape index (κ1) is 25.1. The molecule has 0 radical (unpaired) electrons. The smallest absolute Gasteiger partial charge is 0.119 e. The first-order valence-electron chi connectivity index (χ1n) is 11.0. The molecule has 0 bridgehead atoms. The lowest BCUT2D eigenvalue weighted by atomic mass is 9.78. The molecule has 2 heteroatoms. The van der Waals surface area contributed by atoms with Gasteiger partial charge in [-0.15, -0.1) is 0 Å². The number of hydrogen-bond acceptors (Lipinski definition) is 2. The molecule has 0 unspecified atom stereocenters. The van der Waals surface area contributed by atoms with Crippen LogP contribution in [0.5, 0.6) is 11.5 Å². The largest absolute Gasteiger partial charge is 0.508 e. The Morgan fingerprint density at radius 2 is 1.28 bits per heavy atom. The standard InChI is InChI=1S/C23H32O2.C4H10/c1-6-22(2,3)16-7-17-25-21-14-10-19(11-15-21)23(4,5)18-8-12-20(24)13-9-18;1-4(2)3/h8-15,24H,6-7,16-17H2,1-5H3;4H,1-3H3. The van der Waals surface area contributed by atoms with Gasteiger partial charge in [0.25, 0.3) is 0 Å². The van der Waals surface area contributed by atoms with Crippen LogP contribution < -0.4 is 4.74 Å². The fourth-order valence-corrected chi connectivity index (χ4v) is 2.93. The van der Waals surface area contributed by atoms with Crippen molar-refractivity contribution in [1.82, 2.24) is 0 Å². The molecule has 2 rings (SSSR count). The van der Waals surface area contributed by atoms with Crippen molar-refractivity contribution in [3.8, 4) is 11.5 Å². The number of ether oxygens (including phenoxy) is 1. The van der Waals surface area contributed by atoms with Crippen LogP contribution in [0.15, 0.2) is 48.5 Å². The molecule has 0 atom stereocenters. The predicted molar refractivity (Wildman–Crippen MR) is 126 cm³/mol. The van der Waals surface area contributed by atoms with Gasteiger partial charge in [-0.1, -0.05) is 86.1 Å². The molecule has 162 valence electrons. The molecule has 0 aromatic heterocycles. The summed E-state index contributed by atoms with van der Waals surface area (Å²) >= 11 is 0. The first-order chi connectivity index (χ1) is 13.5. The van der Waals surface area contributed by atoms with Gasteiger partial charge >= 0.3 is 0 Å². The van der Waals surface area contributed by atoms with Crippen LogP contribution in [0, 0.1) is 11.3 Å². The highest BCUT2D eigenvalue weighted by Crippen LogP contribution is 2.33. The number of phenolic OH excluding ortho intramolecular Hbond substituents is 1. The maximum atomic E-state index is 9.48. The van der Waals surface area contributed by atoms with Crippen molar-refractivity contribution in [2.45, 2.75) is 80.1 Å². The van der Waals surface area contributed by atoms with E-state index < -0.39 is 0 Å². The van der Waals surface area contributed by atoms with Crippen LogP contribution in [0.1, 0.15) is 85.8 Å². The monoisotopic (exact) mass is 398 g/mol. The van der Waals surface area contributed by atoms with Crippen LogP contribution in [0.3, 0.4) is 0 Å². The van der Waals surface area contributed by atoms with Gasteiger partial charge in [0.05, 0.1) is 6.61 Å². The molecule has 0 fully saturated rings. The average Bonchev–Trinajstić information content (AvgIpc) is 2.65. The van der Waals surface area contributed by atoms with Crippen molar-refractivity contribution in [1.29, 1.82) is 0 Å². The fourth-order valence-electron chi connectivity index (χ4n) is 2.93. The molecule has 0 aliphatic heterocycles. The minimum Gasteiger partial charge on any atom is -0.508 e. The van der Waals surface area contributed by atoms with Gasteiger partial charge in [0.1, 0.15) is 11.5 Å². The SMILES string of the molecule is CC(C)C.CCC(C)(C)CCCOc1ccc(C(C)(C)c2ccc(O)cc2)cc1. The summed E-state index contributed by atoms with van der Waals surface area (Å²) in [6, 6.07) is 15.8. The molecule has 0 heterocycles. The van der Waals surface area contributed by atoms with Crippen molar-refractivity contribution in [3.63, 3.8) is 0 Å². The Bertz CT molecular complexity index is 692. The van der Waals surface area contributed by atoms with Gasteiger partial charge in [-0.3, -0.25) is 0 Å². The second-order valence-corrected chi connectivity index (χ2v) is 9.90. The lowest BCUT2D eigenvalue weighted by Crippen LogP contribution is -2.18. The highest BCUT2D eigenvalue weighted by molar-refractivity contribution is 5.41. The topological polar surface area (TPSA) is 29.5 Å². The van der Waals surface area contributed by atoms with E-state index in [2.05, 4.69) is 79.7 Å². The fraction of sp³-hybridized carbons (Fsp3) is 0.556. The summed E-state index contributed by atoms with van der Waals surface area (Å²) in [5.41, 5.74) is 2.71. The average molecular weight is 399 g/mol. The third-order valence-electron chi connectivity index (χ3n) is 5.39. The van der Waals surface area contributed by atoms with Gasteiger partial charge in [-0.05, 0) is 59.6 Å². The molecule has 29 heavy (non-hydrogen) atoms. The van der Waals surface area contributed by atoms with Crippen molar-refractivity contribution in [2.75, 3.05) is 6.61 Å². The summed E-state index contributed by atoms with van der Waals surface area (Å²) in [4.78, 5) is 0. The summed E-state index contributed by atoms with van der Waals surface area (Å²) in [5.74, 6) is 2.06. The molecule has 0 saturated carbocycles. The zero-order chi connectivity index (χ0) is 22.1. The van der Waals surface area contributed by atoms with Crippen molar-refractivity contribution in [2.24, 2.45) is 11.3 Å². The molecule has 0 aliphatic carbocycles. The Morgan fingerprint density at radius 1 is 0.828 bits per heavy atom. The Hall–Kier alpha value is -1.96. The van der Waals surface area contributed by atoms with Gasteiger partial charge in [-0.2, -0.15) is 0 Å². The maximum absolute atomic E-state index is 9.48. The van der Waals surface area contributed by atoms with Gasteiger partial charge in [0.15, 0.2) is 0 Å². The zero-order valence-electron chi connectivity index (χ0n) is 19.9. The van der Waals surface area contributed by atoms with E-state index >= 15 is 0 Å². The number of aromatic hydroxyl groups is 1. The summed E-state index contributed by atoms with van der Waals surface area (Å²) in [6.45, 7) is 18.5. The molecular formula is C27H42O2. The molecule has 0 aliphatic rings. The van der Waals surface area contributed by atoms with Crippen LogP contribution >= 0.6 is 0 Å². The van der Waals surface area contributed by atoms with E-state index in [1.54, 1.807) is 12.1 Å². The van der Waals surface area contributed by atoms with Gasteiger partial charge in [0.2, 0.25) is 0 Å². The number of benzene rings is 2. The summed E-state index contributed by atoms with van der Waals surface area (Å²) < 4.78 is 5.90. The molecule has 0 saturated heterocycles. The maximum Gasteiger partial charge on any atom is 0.119 e. The first-order valence-corrected chi connectivity index (χ1v) is 11.0. The van der Waals surface area contributed by atoms with E-state index in [-0.39, 0.29) is 5.41 Å². The lowest BCUT2D eigenvalue weighted by molar-refractivity contribution is 0.251. The second kappa shape index (κ2) is 11.3. The highest BCUT2D eigenvalue weighted by atomic mass is 16.5. The van der Waals surface area contributed by atoms with Crippen LogP contribution in [0.25, 0.3) is 0 Å². The Kier molecular flexibility index (Phi) is 9.76. The van der Waals surface area contributed by atoms with E-state index in [1.807, 2.05) is 12.1 Å². The molecule has 2 nitrogen and oxygen atoms in total.